The second-order valence-electron chi connectivity index (χ2n) is 8.41. The molecule has 1 aromatic carbocycles. The van der Waals surface area contributed by atoms with Gasteiger partial charge in [-0.15, -0.1) is 11.8 Å². The molecule has 0 amide bonds. The highest BCUT2D eigenvalue weighted by atomic mass is 32.2. The van der Waals surface area contributed by atoms with Crippen LogP contribution in [0, 0.1) is 0 Å². The monoisotopic (exact) mass is 531 g/mol. The van der Waals surface area contributed by atoms with Gasteiger partial charge in [-0.1, -0.05) is 0 Å². The highest BCUT2D eigenvalue weighted by Crippen LogP contribution is 2.36. The van der Waals surface area contributed by atoms with Gasteiger partial charge >= 0.3 is 5.97 Å². The predicted octanol–water partition coefficient (Wildman–Crippen LogP) is -0.581. The normalized spacial score (nSPS) is 30.2. The van der Waals surface area contributed by atoms with Crippen molar-refractivity contribution in [1.29, 1.82) is 0 Å². The first-order valence-corrected chi connectivity index (χ1v) is 12.5. The Balaban J connectivity index is 1.39. The van der Waals surface area contributed by atoms with Crippen molar-refractivity contribution < 1.29 is 54.0 Å². The fraction of sp³-hybridized carbons (Fsp3) is 0.652. The van der Waals surface area contributed by atoms with Crippen molar-refractivity contribution in [2.24, 2.45) is 4.99 Å². The molecule has 1 aromatic rings. The molecule has 2 heterocycles. The molecule has 0 aliphatic carbocycles. The topological polar surface area (TPSA) is 177 Å². The second kappa shape index (κ2) is 13.0. The summed E-state index contributed by atoms with van der Waals surface area (Å²) in [5, 5.41) is 49.6. The lowest BCUT2D eigenvalue weighted by Crippen LogP contribution is -2.59. The number of thioether (sulfide) groups is 1. The maximum atomic E-state index is 12.2. The summed E-state index contributed by atoms with van der Waals surface area (Å²) in [4.78, 5) is 16.6. The summed E-state index contributed by atoms with van der Waals surface area (Å²) in [6, 6.07) is 4.81. The predicted molar refractivity (Wildman–Crippen MR) is 128 cm³/mol. The molecule has 6 atom stereocenters. The molecule has 1 saturated heterocycles. The van der Waals surface area contributed by atoms with Gasteiger partial charge in [-0.25, -0.2) is 4.79 Å². The number of phenolic OH excluding ortho intramolecular Hbond substituents is 1. The SMILES string of the molecule is CCOC(=O)[C@@]1(C)CSC(c2ccc(OCCOCCO[C@H]3OC(CO)[C@H](O)C(O)C3O)cc2O)=N1. The molecule has 36 heavy (non-hydrogen) atoms. The Kier molecular flexibility index (Phi) is 10.3. The third-order valence-corrected chi connectivity index (χ3v) is 6.90. The van der Waals surface area contributed by atoms with Crippen LogP contribution in [0.4, 0.5) is 0 Å². The summed E-state index contributed by atoms with van der Waals surface area (Å²) < 4.78 is 26.7. The smallest absolute Gasteiger partial charge is 0.334 e. The number of aliphatic imine (C=N–C) groups is 1. The Morgan fingerprint density at radius 2 is 1.92 bits per heavy atom. The average Bonchev–Trinajstić information content (AvgIpc) is 3.26. The van der Waals surface area contributed by atoms with E-state index in [1.165, 1.54) is 17.8 Å². The van der Waals surface area contributed by atoms with Gasteiger partial charge in [0.15, 0.2) is 11.8 Å². The molecule has 202 valence electrons. The number of esters is 1. The molecule has 13 heteroatoms. The maximum Gasteiger partial charge on any atom is 0.334 e. The van der Waals surface area contributed by atoms with Gasteiger partial charge < -0.3 is 49.2 Å². The largest absolute Gasteiger partial charge is 0.507 e. The van der Waals surface area contributed by atoms with Crippen molar-refractivity contribution in [1.82, 2.24) is 0 Å². The van der Waals surface area contributed by atoms with Crippen molar-refractivity contribution in [3.8, 4) is 11.5 Å². The number of aliphatic hydroxyl groups excluding tert-OH is 4. The molecular formula is C23H33NO11S. The Bertz CT molecular complexity index is 914. The van der Waals surface area contributed by atoms with E-state index in [2.05, 4.69) is 4.99 Å². The number of carbonyl (C=O) groups is 1. The quantitative estimate of drug-likeness (QED) is 0.172. The fourth-order valence-electron chi connectivity index (χ4n) is 3.56. The molecule has 2 aliphatic heterocycles. The number of rotatable bonds is 12. The lowest BCUT2D eigenvalue weighted by atomic mass is 9.99. The molecule has 1 fully saturated rings. The summed E-state index contributed by atoms with van der Waals surface area (Å²) in [6.45, 7) is 3.75. The lowest BCUT2D eigenvalue weighted by molar-refractivity contribution is -0.302. The van der Waals surface area contributed by atoms with E-state index in [0.717, 1.165) is 0 Å². The number of aliphatic hydroxyl groups is 4. The molecule has 0 saturated carbocycles. The van der Waals surface area contributed by atoms with Gasteiger partial charge in [0, 0.05) is 17.4 Å². The van der Waals surface area contributed by atoms with E-state index in [4.69, 9.17) is 23.7 Å². The number of phenols is 1. The Morgan fingerprint density at radius 3 is 2.61 bits per heavy atom. The van der Waals surface area contributed by atoms with Gasteiger partial charge in [0.1, 0.15) is 47.6 Å². The fourth-order valence-corrected chi connectivity index (χ4v) is 4.75. The van der Waals surface area contributed by atoms with Crippen LogP contribution < -0.4 is 4.74 Å². The zero-order valence-electron chi connectivity index (χ0n) is 20.1. The number of ether oxygens (including phenoxy) is 5. The number of benzene rings is 1. The van der Waals surface area contributed by atoms with Gasteiger partial charge in [0.25, 0.3) is 0 Å². The van der Waals surface area contributed by atoms with Crippen LogP contribution in [0.2, 0.25) is 0 Å². The molecular weight excluding hydrogens is 498 g/mol. The van der Waals surface area contributed by atoms with Gasteiger partial charge in [-0.2, -0.15) is 0 Å². The number of hydrogen-bond donors (Lipinski definition) is 5. The standard InChI is InChI=1S/C23H33NO11S/c1-3-32-22(30)23(2)12-36-20(24-23)14-5-4-13(10-15(14)26)33-8-6-31-7-9-34-21-19(29)18(28)17(27)16(11-25)35-21/h4-5,10,16-19,21,25-29H,3,6-9,11-12H2,1-2H3/t16?,17-,18?,19?,21-,23+/m0/s1. The van der Waals surface area contributed by atoms with Gasteiger partial charge in [-0.3, -0.25) is 4.99 Å². The third-order valence-electron chi connectivity index (χ3n) is 5.61. The molecule has 0 aromatic heterocycles. The van der Waals surface area contributed by atoms with Crippen molar-refractivity contribution in [3.05, 3.63) is 23.8 Å². The molecule has 12 nitrogen and oxygen atoms in total. The van der Waals surface area contributed by atoms with Gasteiger partial charge in [-0.05, 0) is 26.0 Å². The minimum atomic E-state index is -1.50. The molecule has 0 bridgehead atoms. The second-order valence-corrected chi connectivity index (χ2v) is 9.37. The Labute approximate surface area is 212 Å². The zero-order chi connectivity index (χ0) is 26.3. The summed E-state index contributed by atoms with van der Waals surface area (Å²) in [5.41, 5.74) is -0.483. The number of nitrogens with zero attached hydrogens (tertiary/aromatic N) is 1. The van der Waals surface area contributed by atoms with Crippen molar-refractivity contribution in [3.63, 3.8) is 0 Å². The van der Waals surface area contributed by atoms with E-state index < -0.39 is 48.8 Å². The number of aromatic hydroxyl groups is 1. The third kappa shape index (κ3) is 6.86. The van der Waals surface area contributed by atoms with E-state index in [1.807, 2.05) is 0 Å². The molecule has 3 rings (SSSR count). The minimum Gasteiger partial charge on any atom is -0.507 e. The van der Waals surface area contributed by atoms with Crippen LogP contribution in [-0.4, -0.2) is 118 Å². The molecule has 0 radical (unpaired) electrons. The Morgan fingerprint density at radius 1 is 1.17 bits per heavy atom. The van der Waals surface area contributed by atoms with E-state index in [-0.39, 0.29) is 38.8 Å². The highest BCUT2D eigenvalue weighted by Gasteiger charge is 2.44. The van der Waals surface area contributed by atoms with Crippen molar-refractivity contribution in [2.45, 2.75) is 50.1 Å². The number of hydrogen-bond acceptors (Lipinski definition) is 13. The van der Waals surface area contributed by atoms with Gasteiger partial charge in [0.2, 0.25) is 0 Å². The van der Waals surface area contributed by atoms with Crippen molar-refractivity contribution in [2.75, 3.05) is 45.4 Å². The van der Waals surface area contributed by atoms with Gasteiger partial charge in [0.05, 0.1) is 33.0 Å². The molecule has 5 N–H and O–H groups in total. The molecule has 0 spiro atoms. The van der Waals surface area contributed by atoms with Crippen LogP contribution >= 0.6 is 11.8 Å². The summed E-state index contributed by atoms with van der Waals surface area (Å²) in [7, 11) is 0. The molecule has 2 aliphatic rings. The van der Waals surface area contributed by atoms with Crippen LogP contribution in [0.5, 0.6) is 11.5 Å². The summed E-state index contributed by atoms with van der Waals surface area (Å²) in [6.07, 6.45) is -6.65. The average molecular weight is 532 g/mol. The minimum absolute atomic E-state index is 0.0271. The zero-order valence-corrected chi connectivity index (χ0v) is 20.9. The molecule has 3 unspecified atom stereocenters. The lowest BCUT2D eigenvalue weighted by Gasteiger charge is -2.39. The first kappa shape index (κ1) is 28.6. The van der Waals surface area contributed by atoms with Crippen molar-refractivity contribution >= 4 is 22.8 Å². The van der Waals surface area contributed by atoms with Crippen LogP contribution in [0.15, 0.2) is 23.2 Å². The van der Waals surface area contributed by atoms with E-state index in [9.17, 15) is 30.3 Å². The first-order chi connectivity index (χ1) is 17.2. The summed E-state index contributed by atoms with van der Waals surface area (Å²) >= 11 is 1.37. The number of carbonyl (C=O) groups excluding carboxylic acids is 1. The Hall–Kier alpha value is -1.97. The van der Waals surface area contributed by atoms with Crippen LogP contribution in [-0.2, 0) is 23.7 Å². The van der Waals surface area contributed by atoms with E-state index in [1.54, 1.807) is 26.0 Å². The van der Waals surface area contributed by atoms with E-state index >= 15 is 0 Å². The first-order valence-electron chi connectivity index (χ1n) is 11.6. The maximum absolute atomic E-state index is 12.2. The van der Waals surface area contributed by atoms with Crippen LogP contribution in [0.1, 0.15) is 19.4 Å². The van der Waals surface area contributed by atoms with Crippen LogP contribution in [0.25, 0.3) is 0 Å². The summed E-state index contributed by atoms with van der Waals surface area (Å²) in [5.74, 6) is 0.427. The van der Waals surface area contributed by atoms with Crippen LogP contribution in [0.3, 0.4) is 0 Å². The van der Waals surface area contributed by atoms with E-state index in [0.29, 0.717) is 22.1 Å². The highest BCUT2D eigenvalue weighted by molar-refractivity contribution is 8.14.